The molecule has 3 heterocycles. The lowest BCUT2D eigenvalue weighted by Crippen LogP contribution is -2.04. The molecule has 0 bridgehead atoms. The second-order valence-electron chi connectivity index (χ2n) is 15.6. The first-order valence-electron chi connectivity index (χ1n) is 21.1. The van der Waals surface area contributed by atoms with E-state index in [1.54, 1.807) is 6.07 Å². The molecule has 11 aromatic rings. The standard InChI is InChI=1S/C57H34N8/c58-35-37-29-38(36-59)31-45(30-37)43-25-27-52-47(32-43)46-23-13-14-24-51(46)65(52)53-28-26-44(56-60-49(39-15-5-1-6-16-39)34-50(61-56)40-17-7-2-8-18-40)33-48(53)57-63-54(41-19-9-3-10-20-41)62-55(64-57)42-21-11-4-12-22-42/h1-34H. The second-order valence-corrected chi connectivity index (χ2v) is 15.6. The molecule has 8 aromatic carbocycles. The molecule has 3 aromatic heterocycles. The first kappa shape index (κ1) is 38.5. The Morgan fingerprint density at radius 1 is 0.323 bits per heavy atom. The quantitative estimate of drug-likeness (QED) is 0.150. The number of nitriles is 2. The fourth-order valence-electron chi connectivity index (χ4n) is 8.40. The molecule has 8 heteroatoms. The summed E-state index contributed by atoms with van der Waals surface area (Å²) in [5.74, 6) is 2.13. The van der Waals surface area contributed by atoms with E-state index in [9.17, 15) is 10.5 Å². The van der Waals surface area contributed by atoms with Gasteiger partial charge in [-0.15, -0.1) is 0 Å². The topological polar surface area (TPSA) is 117 Å². The maximum absolute atomic E-state index is 9.79. The zero-order valence-corrected chi connectivity index (χ0v) is 34.7. The highest BCUT2D eigenvalue weighted by molar-refractivity contribution is 6.11. The van der Waals surface area contributed by atoms with Crippen molar-refractivity contribution in [1.29, 1.82) is 10.5 Å². The van der Waals surface area contributed by atoms with Crippen LogP contribution >= 0.6 is 0 Å². The van der Waals surface area contributed by atoms with Gasteiger partial charge in [0.1, 0.15) is 0 Å². The number of fused-ring (bicyclic) bond motifs is 3. The Bertz CT molecular complexity index is 3520. The highest BCUT2D eigenvalue weighted by Gasteiger charge is 2.22. The number of hydrogen-bond donors (Lipinski definition) is 0. The van der Waals surface area contributed by atoms with Gasteiger partial charge in [0.05, 0.1) is 51.4 Å². The zero-order chi connectivity index (χ0) is 43.7. The summed E-state index contributed by atoms with van der Waals surface area (Å²) in [5.41, 5.74) is 12.2. The maximum Gasteiger partial charge on any atom is 0.166 e. The van der Waals surface area contributed by atoms with Gasteiger partial charge in [0, 0.05) is 44.2 Å². The Kier molecular flexibility index (Phi) is 9.78. The molecule has 0 aliphatic rings. The minimum absolute atomic E-state index is 0.433. The van der Waals surface area contributed by atoms with Gasteiger partial charge in [0.25, 0.3) is 0 Å². The third-order valence-corrected chi connectivity index (χ3v) is 11.5. The molecule has 0 saturated carbocycles. The van der Waals surface area contributed by atoms with Crippen molar-refractivity contribution in [1.82, 2.24) is 29.5 Å². The molecule has 0 radical (unpaired) electrons. The van der Waals surface area contributed by atoms with Crippen molar-refractivity contribution in [3.05, 3.63) is 217 Å². The highest BCUT2D eigenvalue weighted by Crippen LogP contribution is 2.40. The minimum Gasteiger partial charge on any atom is -0.309 e. The van der Waals surface area contributed by atoms with E-state index >= 15 is 0 Å². The minimum atomic E-state index is 0.433. The van der Waals surface area contributed by atoms with Gasteiger partial charge in [0.15, 0.2) is 23.3 Å². The van der Waals surface area contributed by atoms with Crippen molar-refractivity contribution in [2.75, 3.05) is 0 Å². The van der Waals surface area contributed by atoms with E-state index in [1.807, 2.05) is 133 Å². The van der Waals surface area contributed by atoms with Gasteiger partial charge in [-0.1, -0.05) is 146 Å². The lowest BCUT2D eigenvalue weighted by atomic mass is 9.99. The third-order valence-electron chi connectivity index (χ3n) is 11.5. The highest BCUT2D eigenvalue weighted by atomic mass is 15.1. The van der Waals surface area contributed by atoms with Crippen LogP contribution in [0.25, 0.3) is 107 Å². The van der Waals surface area contributed by atoms with Gasteiger partial charge in [-0.3, -0.25) is 0 Å². The van der Waals surface area contributed by atoms with Crippen LogP contribution in [0.1, 0.15) is 11.1 Å². The number of nitrogens with zero attached hydrogens (tertiary/aromatic N) is 8. The van der Waals surface area contributed by atoms with Crippen LogP contribution in [0.15, 0.2) is 206 Å². The third kappa shape index (κ3) is 7.34. The molecule has 0 atom stereocenters. The molecule has 65 heavy (non-hydrogen) atoms. The maximum atomic E-state index is 9.79. The largest absolute Gasteiger partial charge is 0.309 e. The van der Waals surface area contributed by atoms with Crippen molar-refractivity contribution in [3.8, 4) is 97.0 Å². The molecule has 302 valence electrons. The Hall–Kier alpha value is -9.37. The molecule has 0 unspecified atom stereocenters. The number of hydrogen-bond acceptors (Lipinski definition) is 7. The molecule has 0 fully saturated rings. The molecule has 0 spiro atoms. The van der Waals surface area contributed by atoms with Gasteiger partial charge in [0.2, 0.25) is 0 Å². The Morgan fingerprint density at radius 2 is 0.800 bits per heavy atom. The molecule has 8 nitrogen and oxygen atoms in total. The lowest BCUT2D eigenvalue weighted by molar-refractivity contribution is 1.06. The predicted octanol–water partition coefficient (Wildman–Crippen LogP) is 13.2. The number of benzene rings is 8. The van der Waals surface area contributed by atoms with E-state index < -0.39 is 0 Å². The first-order chi connectivity index (χ1) is 32.1. The molecule has 0 saturated heterocycles. The Balaban J connectivity index is 1.19. The van der Waals surface area contributed by atoms with Crippen LogP contribution in [0, 0.1) is 22.7 Å². The van der Waals surface area contributed by atoms with Crippen molar-refractivity contribution < 1.29 is 0 Å². The van der Waals surface area contributed by atoms with E-state index in [-0.39, 0.29) is 0 Å². The summed E-state index contributed by atoms with van der Waals surface area (Å²) in [7, 11) is 0. The summed E-state index contributed by atoms with van der Waals surface area (Å²) >= 11 is 0. The molecule has 0 amide bonds. The molecular formula is C57H34N8. The molecular weight excluding hydrogens is 797 g/mol. The number of rotatable bonds is 8. The van der Waals surface area contributed by atoms with E-state index in [1.165, 1.54) is 0 Å². The van der Waals surface area contributed by atoms with Gasteiger partial charge in [-0.25, -0.2) is 24.9 Å². The summed E-state index contributed by atoms with van der Waals surface area (Å²) in [6.07, 6.45) is 0. The molecule has 0 aliphatic heterocycles. The monoisotopic (exact) mass is 830 g/mol. The SMILES string of the molecule is N#Cc1cc(C#N)cc(-c2ccc3c(c2)c2ccccc2n3-c2ccc(-c3nc(-c4ccccc4)cc(-c4ccccc4)n3)cc2-c2nc(-c3ccccc3)nc(-c3ccccc3)n2)c1. The fourth-order valence-corrected chi connectivity index (χ4v) is 8.40. The van der Waals surface area contributed by atoms with E-state index in [4.69, 9.17) is 24.9 Å². The predicted molar refractivity (Wildman–Crippen MR) is 257 cm³/mol. The number of aromatic nitrogens is 6. The smallest absolute Gasteiger partial charge is 0.166 e. The van der Waals surface area contributed by atoms with Crippen LogP contribution in [0.3, 0.4) is 0 Å². The lowest BCUT2D eigenvalue weighted by Gasteiger charge is -2.16. The van der Waals surface area contributed by atoms with Gasteiger partial charge in [-0.05, 0) is 71.8 Å². The normalized spacial score (nSPS) is 11.0. The fraction of sp³-hybridized carbons (Fsp3) is 0. The zero-order valence-electron chi connectivity index (χ0n) is 34.7. The molecule has 11 rings (SSSR count). The number of para-hydroxylation sites is 1. The molecule has 0 N–H and O–H groups in total. The summed E-state index contributed by atoms with van der Waals surface area (Å²) < 4.78 is 2.25. The average molecular weight is 831 g/mol. The average Bonchev–Trinajstić information content (AvgIpc) is 3.72. The van der Waals surface area contributed by atoms with Crippen LogP contribution in [-0.4, -0.2) is 29.5 Å². The van der Waals surface area contributed by atoms with E-state index in [0.29, 0.717) is 34.4 Å². The van der Waals surface area contributed by atoms with Gasteiger partial charge < -0.3 is 4.57 Å². The Labute approximate surface area is 374 Å². The summed E-state index contributed by atoms with van der Waals surface area (Å²) in [5, 5.41) is 21.6. The van der Waals surface area contributed by atoms with Gasteiger partial charge >= 0.3 is 0 Å². The summed E-state index contributed by atoms with van der Waals surface area (Å²) in [4.78, 5) is 26.0. The van der Waals surface area contributed by atoms with Crippen molar-refractivity contribution in [2.45, 2.75) is 0 Å². The van der Waals surface area contributed by atoms with E-state index in [0.717, 1.165) is 83.4 Å². The van der Waals surface area contributed by atoms with Gasteiger partial charge in [-0.2, -0.15) is 10.5 Å². The van der Waals surface area contributed by atoms with Crippen LogP contribution in [0.4, 0.5) is 0 Å². The van der Waals surface area contributed by atoms with Crippen LogP contribution in [0.5, 0.6) is 0 Å². The van der Waals surface area contributed by atoms with E-state index in [2.05, 4.69) is 83.4 Å². The molecule has 0 aliphatic carbocycles. The Morgan fingerprint density at radius 3 is 1.37 bits per heavy atom. The summed E-state index contributed by atoms with van der Waals surface area (Å²) in [6.45, 7) is 0. The summed E-state index contributed by atoms with van der Waals surface area (Å²) in [6, 6.07) is 72.9. The van der Waals surface area contributed by atoms with Crippen LogP contribution in [0.2, 0.25) is 0 Å². The second kappa shape index (κ2) is 16.5. The van der Waals surface area contributed by atoms with Crippen molar-refractivity contribution in [2.24, 2.45) is 0 Å². The van der Waals surface area contributed by atoms with Crippen molar-refractivity contribution in [3.63, 3.8) is 0 Å². The first-order valence-corrected chi connectivity index (χ1v) is 21.1. The van der Waals surface area contributed by atoms with Crippen molar-refractivity contribution >= 4 is 21.8 Å². The van der Waals surface area contributed by atoms with Crippen LogP contribution < -0.4 is 0 Å². The van der Waals surface area contributed by atoms with Crippen LogP contribution in [-0.2, 0) is 0 Å².